The molecule has 5 N–H and O–H groups in total. The molecule has 1 aliphatic heterocycles. The Hall–Kier alpha value is -3.87. The average molecular weight is 427 g/mol. The third-order valence-electron chi connectivity index (χ3n) is 6.23. The first-order valence-electron chi connectivity index (χ1n) is 10.9. The first-order chi connectivity index (χ1) is 15.6. The molecule has 162 valence electrons. The van der Waals surface area contributed by atoms with Crippen LogP contribution in [0.15, 0.2) is 60.9 Å². The monoisotopic (exact) mass is 426 g/mol. The van der Waals surface area contributed by atoms with Gasteiger partial charge in [-0.1, -0.05) is 36.4 Å². The van der Waals surface area contributed by atoms with Crippen molar-refractivity contribution >= 4 is 17.6 Å². The highest BCUT2D eigenvalue weighted by Crippen LogP contribution is 2.25. The van der Waals surface area contributed by atoms with Crippen molar-refractivity contribution in [1.82, 2.24) is 14.9 Å². The van der Waals surface area contributed by atoms with Gasteiger partial charge in [0.1, 0.15) is 0 Å². The van der Waals surface area contributed by atoms with Crippen LogP contribution in [0.25, 0.3) is 5.70 Å². The average Bonchev–Trinajstić information content (AvgIpc) is 3.25. The van der Waals surface area contributed by atoms with Crippen LogP contribution in [0.4, 0.5) is 5.95 Å². The van der Waals surface area contributed by atoms with Crippen molar-refractivity contribution in [3.8, 4) is 0 Å². The predicted molar refractivity (Wildman–Crippen MR) is 125 cm³/mol. The van der Waals surface area contributed by atoms with Gasteiger partial charge >= 0.3 is 0 Å². The summed E-state index contributed by atoms with van der Waals surface area (Å²) in [5.74, 6) is 0.631. The third-order valence-corrected chi connectivity index (χ3v) is 6.23. The number of carbonyl (C=O) groups is 1. The van der Waals surface area contributed by atoms with Crippen LogP contribution in [0.3, 0.4) is 0 Å². The number of carbonyl (C=O) groups excluding carboxylic acids is 1. The van der Waals surface area contributed by atoms with E-state index >= 15 is 0 Å². The zero-order chi connectivity index (χ0) is 22.1. The summed E-state index contributed by atoms with van der Waals surface area (Å²) in [6.07, 6.45) is 5.86. The van der Waals surface area contributed by atoms with Crippen molar-refractivity contribution in [2.45, 2.75) is 31.8 Å². The highest BCUT2D eigenvalue weighted by atomic mass is 16.2. The SMILES string of the molecule is N/C=C(\N)c1cccc(C(=O)N2CCc3nc(NC4Cc5ccccc5C4)ncc3C2)c1. The Bertz CT molecular complexity index is 1180. The summed E-state index contributed by atoms with van der Waals surface area (Å²) in [7, 11) is 0. The molecular formula is C25H26N6O. The minimum atomic E-state index is -0.0340. The smallest absolute Gasteiger partial charge is 0.254 e. The van der Waals surface area contributed by atoms with E-state index in [1.54, 1.807) is 12.1 Å². The molecule has 0 bridgehead atoms. The molecule has 0 atom stereocenters. The molecule has 32 heavy (non-hydrogen) atoms. The van der Waals surface area contributed by atoms with Gasteiger partial charge < -0.3 is 21.7 Å². The van der Waals surface area contributed by atoms with Gasteiger partial charge in [0.15, 0.2) is 0 Å². The van der Waals surface area contributed by atoms with Crippen molar-refractivity contribution in [1.29, 1.82) is 0 Å². The maximum Gasteiger partial charge on any atom is 0.254 e. The first-order valence-corrected chi connectivity index (χ1v) is 10.9. The molecule has 7 nitrogen and oxygen atoms in total. The largest absolute Gasteiger partial charge is 0.403 e. The molecule has 0 saturated carbocycles. The fourth-order valence-electron chi connectivity index (χ4n) is 4.51. The van der Waals surface area contributed by atoms with E-state index in [9.17, 15) is 4.79 Å². The van der Waals surface area contributed by atoms with Gasteiger partial charge in [-0.15, -0.1) is 0 Å². The third kappa shape index (κ3) is 3.89. The number of anilines is 1. The van der Waals surface area contributed by atoms with E-state index in [1.807, 2.05) is 23.2 Å². The van der Waals surface area contributed by atoms with Crippen LogP contribution in [0.5, 0.6) is 0 Å². The van der Waals surface area contributed by atoms with Crippen LogP contribution in [0.2, 0.25) is 0 Å². The van der Waals surface area contributed by atoms with Crippen molar-refractivity contribution in [2.24, 2.45) is 11.5 Å². The lowest BCUT2D eigenvalue weighted by Crippen LogP contribution is -2.36. The minimum Gasteiger partial charge on any atom is -0.403 e. The van der Waals surface area contributed by atoms with E-state index < -0.39 is 0 Å². The zero-order valence-electron chi connectivity index (χ0n) is 17.8. The zero-order valence-corrected chi connectivity index (χ0v) is 17.8. The van der Waals surface area contributed by atoms with Gasteiger partial charge in [0.05, 0.1) is 11.4 Å². The molecule has 5 rings (SSSR count). The second-order valence-corrected chi connectivity index (χ2v) is 8.36. The molecule has 2 aromatic carbocycles. The van der Waals surface area contributed by atoms with Gasteiger partial charge in [0.25, 0.3) is 5.91 Å². The van der Waals surface area contributed by atoms with Crippen molar-refractivity contribution in [3.63, 3.8) is 0 Å². The number of hydrogen-bond acceptors (Lipinski definition) is 6. The number of aromatic nitrogens is 2. The summed E-state index contributed by atoms with van der Waals surface area (Å²) in [6.45, 7) is 1.11. The van der Waals surface area contributed by atoms with E-state index in [2.05, 4.69) is 34.6 Å². The van der Waals surface area contributed by atoms with Crippen LogP contribution >= 0.6 is 0 Å². The molecule has 2 aliphatic rings. The fraction of sp³-hybridized carbons (Fsp3) is 0.240. The normalized spacial score (nSPS) is 15.9. The highest BCUT2D eigenvalue weighted by Gasteiger charge is 2.25. The molecule has 7 heteroatoms. The molecule has 1 aliphatic carbocycles. The maximum absolute atomic E-state index is 13.1. The van der Waals surface area contributed by atoms with Gasteiger partial charge in [-0.05, 0) is 41.7 Å². The van der Waals surface area contributed by atoms with Gasteiger partial charge in [-0.3, -0.25) is 4.79 Å². The van der Waals surface area contributed by atoms with Crippen LogP contribution in [-0.4, -0.2) is 33.4 Å². The highest BCUT2D eigenvalue weighted by molar-refractivity contribution is 5.95. The van der Waals surface area contributed by atoms with E-state index in [-0.39, 0.29) is 5.91 Å². The molecule has 0 spiro atoms. The van der Waals surface area contributed by atoms with Gasteiger partial charge in [-0.25, -0.2) is 9.97 Å². The standard InChI is InChI=1S/C25H26N6O/c26-13-22(27)18-6-3-7-19(10-18)24(32)31-9-8-23-20(15-31)14-28-25(30-23)29-21-11-16-4-1-2-5-17(16)12-21/h1-7,10,13-14,21H,8-9,11-12,15,26-27H2,(H,28,29,30)/b22-13-. The lowest BCUT2D eigenvalue weighted by Gasteiger charge is -2.28. The minimum absolute atomic E-state index is 0.0340. The Labute approximate surface area is 187 Å². The Morgan fingerprint density at radius 1 is 1.06 bits per heavy atom. The van der Waals surface area contributed by atoms with E-state index in [0.717, 1.165) is 29.7 Å². The van der Waals surface area contributed by atoms with E-state index in [1.165, 1.54) is 17.3 Å². The number of nitrogens with two attached hydrogens (primary N) is 2. The topological polar surface area (TPSA) is 110 Å². The summed E-state index contributed by atoms with van der Waals surface area (Å²) >= 11 is 0. The van der Waals surface area contributed by atoms with Crippen LogP contribution in [0.1, 0.15) is 38.3 Å². The van der Waals surface area contributed by atoms with E-state index in [0.29, 0.717) is 42.8 Å². The number of fused-ring (bicyclic) bond motifs is 2. The maximum atomic E-state index is 13.1. The lowest BCUT2D eigenvalue weighted by molar-refractivity contribution is 0.0733. The van der Waals surface area contributed by atoms with Crippen molar-refractivity contribution < 1.29 is 4.79 Å². The molecule has 0 saturated heterocycles. The van der Waals surface area contributed by atoms with Gasteiger partial charge in [0, 0.05) is 49.1 Å². The second-order valence-electron chi connectivity index (χ2n) is 8.36. The molecular weight excluding hydrogens is 400 g/mol. The Morgan fingerprint density at radius 3 is 2.56 bits per heavy atom. The lowest BCUT2D eigenvalue weighted by atomic mass is 10.0. The number of hydrogen-bond donors (Lipinski definition) is 3. The quantitative estimate of drug-likeness (QED) is 0.591. The van der Waals surface area contributed by atoms with Crippen LogP contribution in [-0.2, 0) is 25.8 Å². The Kier molecular flexibility index (Phi) is 5.23. The molecule has 0 fully saturated rings. The molecule has 1 amide bonds. The molecule has 0 unspecified atom stereocenters. The number of rotatable bonds is 4. The Balaban J connectivity index is 1.27. The molecule has 2 heterocycles. The van der Waals surface area contributed by atoms with Crippen molar-refractivity contribution in [2.75, 3.05) is 11.9 Å². The summed E-state index contributed by atoms with van der Waals surface area (Å²) in [5, 5.41) is 3.49. The van der Waals surface area contributed by atoms with Crippen LogP contribution in [0, 0.1) is 0 Å². The Morgan fingerprint density at radius 2 is 1.81 bits per heavy atom. The number of amides is 1. The number of nitrogens with zero attached hydrogens (tertiary/aromatic N) is 3. The first kappa shape index (κ1) is 20.1. The number of nitrogens with one attached hydrogen (secondary N) is 1. The number of benzene rings is 2. The summed E-state index contributed by atoms with van der Waals surface area (Å²) < 4.78 is 0. The molecule has 0 radical (unpaired) electrons. The fourth-order valence-corrected chi connectivity index (χ4v) is 4.51. The van der Waals surface area contributed by atoms with E-state index in [4.69, 9.17) is 16.5 Å². The van der Waals surface area contributed by atoms with Crippen molar-refractivity contribution in [3.05, 3.63) is 94.4 Å². The van der Waals surface area contributed by atoms with Gasteiger partial charge in [0.2, 0.25) is 5.95 Å². The van der Waals surface area contributed by atoms with Gasteiger partial charge in [-0.2, -0.15) is 0 Å². The summed E-state index contributed by atoms with van der Waals surface area (Å²) in [5.41, 5.74) is 18.0. The second kappa shape index (κ2) is 8.34. The molecule has 3 aromatic rings. The molecule has 1 aromatic heterocycles. The summed E-state index contributed by atoms with van der Waals surface area (Å²) in [4.78, 5) is 24.2. The summed E-state index contributed by atoms with van der Waals surface area (Å²) in [6, 6.07) is 16.1. The van der Waals surface area contributed by atoms with Crippen LogP contribution < -0.4 is 16.8 Å². The predicted octanol–water partition coefficient (Wildman–Crippen LogP) is 2.47.